The van der Waals surface area contributed by atoms with Crippen LogP contribution in [0.4, 0.5) is 4.79 Å². The Labute approximate surface area is 113 Å². The Balaban J connectivity index is 1.65. The molecule has 1 aromatic rings. The summed E-state index contributed by atoms with van der Waals surface area (Å²) >= 11 is 0. The molecule has 2 N–H and O–H groups in total. The lowest BCUT2D eigenvalue weighted by Crippen LogP contribution is -3.13. The lowest BCUT2D eigenvalue weighted by molar-refractivity contribution is -0.921. The molecule has 0 aromatic heterocycles. The maximum Gasteiger partial charge on any atom is 0.432 e. The highest BCUT2D eigenvalue weighted by atomic mass is 16.6. The van der Waals surface area contributed by atoms with Crippen LogP contribution < -0.4 is 10.3 Å². The van der Waals surface area contributed by atoms with Crippen LogP contribution in [0.3, 0.4) is 0 Å². The molecule has 102 valence electrons. The van der Waals surface area contributed by atoms with Crippen LogP contribution in [0, 0.1) is 0 Å². The number of rotatable bonds is 4. The van der Waals surface area contributed by atoms with Gasteiger partial charge in [-0.15, -0.1) is 0 Å². The minimum atomic E-state index is -0.495. The Kier molecular flexibility index (Phi) is 5.37. The second kappa shape index (κ2) is 7.53. The van der Waals surface area contributed by atoms with Gasteiger partial charge in [-0.05, 0) is 24.8 Å². The number of nitrogens with one attached hydrogen (secondary N) is 2. The van der Waals surface area contributed by atoms with Gasteiger partial charge < -0.3 is 9.64 Å². The second-order valence-electron chi connectivity index (χ2n) is 4.67. The van der Waals surface area contributed by atoms with E-state index >= 15 is 0 Å². The fraction of sp³-hybridized carbons (Fsp3) is 0.429. The van der Waals surface area contributed by atoms with Crippen molar-refractivity contribution in [2.45, 2.75) is 19.3 Å². The van der Waals surface area contributed by atoms with Crippen molar-refractivity contribution in [3.8, 4) is 0 Å². The molecule has 1 aliphatic heterocycles. The van der Waals surface area contributed by atoms with Crippen LogP contribution in [-0.2, 0) is 4.74 Å². The lowest BCUT2D eigenvalue weighted by atomic mass is 10.1. The van der Waals surface area contributed by atoms with Crippen LogP contribution in [0.25, 0.3) is 0 Å². The summed E-state index contributed by atoms with van der Waals surface area (Å²) in [4.78, 5) is 12.7. The van der Waals surface area contributed by atoms with Crippen LogP contribution in [-0.4, -0.2) is 32.1 Å². The van der Waals surface area contributed by atoms with Gasteiger partial charge in [0.1, 0.15) is 0 Å². The smallest absolute Gasteiger partial charge is 0.398 e. The van der Waals surface area contributed by atoms with Gasteiger partial charge in [0.2, 0.25) is 6.73 Å². The zero-order valence-corrected chi connectivity index (χ0v) is 11.0. The maximum atomic E-state index is 11.4. The van der Waals surface area contributed by atoms with Gasteiger partial charge in [-0.25, -0.2) is 10.2 Å². The van der Waals surface area contributed by atoms with Crippen LogP contribution in [0.2, 0.25) is 0 Å². The van der Waals surface area contributed by atoms with E-state index in [1.807, 2.05) is 30.3 Å². The molecular weight excluding hydrogens is 242 g/mol. The normalized spacial score (nSPS) is 16.4. The van der Waals surface area contributed by atoms with E-state index in [2.05, 4.69) is 10.5 Å². The maximum absolute atomic E-state index is 11.4. The fourth-order valence-corrected chi connectivity index (χ4v) is 2.09. The SMILES string of the molecule is O=C(N/N=C\c1ccccc1)OC[NH+]1CCCCC1. The summed E-state index contributed by atoms with van der Waals surface area (Å²) in [6, 6.07) is 9.59. The number of ether oxygens (including phenoxy) is 1. The van der Waals surface area contributed by atoms with E-state index in [-0.39, 0.29) is 0 Å². The largest absolute Gasteiger partial charge is 0.432 e. The van der Waals surface area contributed by atoms with Gasteiger partial charge in [0.25, 0.3) is 0 Å². The molecule has 1 saturated heterocycles. The molecule has 1 aromatic carbocycles. The molecule has 0 unspecified atom stereocenters. The molecular formula is C14H20N3O2+. The minimum absolute atomic E-state index is 0.423. The van der Waals surface area contributed by atoms with Crippen LogP contribution >= 0.6 is 0 Å². The van der Waals surface area contributed by atoms with E-state index in [9.17, 15) is 4.79 Å². The van der Waals surface area contributed by atoms with Crippen molar-refractivity contribution >= 4 is 12.3 Å². The Hall–Kier alpha value is -1.88. The monoisotopic (exact) mass is 262 g/mol. The van der Waals surface area contributed by atoms with Crippen LogP contribution in [0.5, 0.6) is 0 Å². The standard InChI is InChI=1S/C14H19N3O2/c18-14(19-12-17-9-5-2-6-10-17)16-15-11-13-7-3-1-4-8-13/h1,3-4,7-8,11H,2,5-6,9-10,12H2,(H,16,18)/p+1/b15-11-. The quantitative estimate of drug-likeness (QED) is 0.622. The first kappa shape index (κ1) is 13.5. The summed E-state index contributed by atoms with van der Waals surface area (Å²) in [6.07, 6.45) is 4.82. The topological polar surface area (TPSA) is 55.1 Å². The van der Waals surface area contributed by atoms with E-state index in [1.165, 1.54) is 24.2 Å². The van der Waals surface area contributed by atoms with Crippen molar-refractivity contribution < 1.29 is 14.4 Å². The third-order valence-corrected chi connectivity index (χ3v) is 3.14. The highest BCUT2D eigenvalue weighted by Crippen LogP contribution is 1.94. The van der Waals surface area contributed by atoms with Gasteiger partial charge in [-0.3, -0.25) is 0 Å². The van der Waals surface area contributed by atoms with E-state index in [1.54, 1.807) is 6.21 Å². The number of carbonyl (C=O) groups is 1. The average molecular weight is 262 g/mol. The molecule has 1 heterocycles. The molecule has 0 spiro atoms. The molecule has 5 heteroatoms. The van der Waals surface area contributed by atoms with E-state index in [0.29, 0.717) is 6.73 Å². The summed E-state index contributed by atoms with van der Waals surface area (Å²) in [5.74, 6) is 0. The van der Waals surface area contributed by atoms with Crippen molar-refractivity contribution in [3.05, 3.63) is 35.9 Å². The Morgan fingerprint density at radius 3 is 2.74 bits per heavy atom. The number of carbonyl (C=O) groups excluding carboxylic acids is 1. The van der Waals surface area contributed by atoms with Crippen molar-refractivity contribution in [1.29, 1.82) is 0 Å². The molecule has 1 amide bonds. The summed E-state index contributed by atoms with van der Waals surface area (Å²) in [5, 5.41) is 3.85. The number of likely N-dealkylation sites (tertiary alicyclic amines) is 1. The number of hydrogen-bond acceptors (Lipinski definition) is 3. The molecule has 5 nitrogen and oxygen atoms in total. The number of quaternary nitrogens is 1. The zero-order chi connectivity index (χ0) is 13.3. The van der Waals surface area contributed by atoms with Gasteiger partial charge in [0.05, 0.1) is 19.3 Å². The molecule has 0 radical (unpaired) electrons. The third kappa shape index (κ3) is 5.09. The predicted octanol–water partition coefficient (Wildman–Crippen LogP) is 0.773. The summed E-state index contributed by atoms with van der Waals surface area (Å²) in [7, 11) is 0. The predicted molar refractivity (Wildman–Crippen MR) is 73.1 cm³/mol. The van der Waals surface area contributed by atoms with Crippen molar-refractivity contribution in [2.75, 3.05) is 19.8 Å². The highest BCUT2D eigenvalue weighted by molar-refractivity contribution is 5.80. The zero-order valence-electron chi connectivity index (χ0n) is 11.0. The first-order valence-electron chi connectivity index (χ1n) is 6.69. The summed E-state index contributed by atoms with van der Waals surface area (Å²) < 4.78 is 5.12. The summed E-state index contributed by atoms with van der Waals surface area (Å²) in [6.45, 7) is 2.59. The fourth-order valence-electron chi connectivity index (χ4n) is 2.09. The molecule has 0 bridgehead atoms. The number of piperidine rings is 1. The minimum Gasteiger partial charge on any atom is -0.398 e. The van der Waals surface area contributed by atoms with Gasteiger partial charge in [-0.1, -0.05) is 30.3 Å². The number of hydrogen-bond donors (Lipinski definition) is 2. The number of benzene rings is 1. The lowest BCUT2D eigenvalue weighted by Gasteiger charge is -2.22. The van der Waals surface area contributed by atoms with Gasteiger partial charge in [0.15, 0.2) is 0 Å². The molecule has 0 atom stereocenters. The van der Waals surface area contributed by atoms with Crippen molar-refractivity contribution in [1.82, 2.24) is 5.43 Å². The first-order chi connectivity index (χ1) is 9.34. The van der Waals surface area contributed by atoms with Gasteiger partial charge in [0, 0.05) is 0 Å². The number of nitrogens with zero attached hydrogens (tertiary/aromatic N) is 1. The second-order valence-corrected chi connectivity index (χ2v) is 4.67. The van der Waals surface area contributed by atoms with E-state index in [0.717, 1.165) is 18.7 Å². The molecule has 19 heavy (non-hydrogen) atoms. The van der Waals surface area contributed by atoms with Gasteiger partial charge in [-0.2, -0.15) is 5.10 Å². The Morgan fingerprint density at radius 1 is 1.26 bits per heavy atom. The van der Waals surface area contributed by atoms with E-state index in [4.69, 9.17) is 4.74 Å². The first-order valence-corrected chi connectivity index (χ1v) is 6.69. The average Bonchev–Trinajstić information content (AvgIpc) is 2.47. The van der Waals surface area contributed by atoms with Crippen LogP contribution in [0.1, 0.15) is 24.8 Å². The van der Waals surface area contributed by atoms with Crippen molar-refractivity contribution in [3.63, 3.8) is 0 Å². The summed E-state index contributed by atoms with van der Waals surface area (Å²) in [5.41, 5.74) is 3.30. The van der Waals surface area contributed by atoms with Crippen molar-refractivity contribution in [2.24, 2.45) is 5.10 Å². The van der Waals surface area contributed by atoms with Gasteiger partial charge >= 0.3 is 6.09 Å². The number of hydrazone groups is 1. The Bertz CT molecular complexity index is 414. The molecule has 0 aliphatic carbocycles. The Morgan fingerprint density at radius 2 is 2.00 bits per heavy atom. The molecule has 1 fully saturated rings. The molecule has 0 saturated carbocycles. The molecule has 2 rings (SSSR count). The highest BCUT2D eigenvalue weighted by Gasteiger charge is 2.14. The van der Waals surface area contributed by atoms with Crippen LogP contribution in [0.15, 0.2) is 35.4 Å². The molecule has 1 aliphatic rings. The van der Waals surface area contributed by atoms with E-state index < -0.39 is 6.09 Å². The number of amides is 1. The third-order valence-electron chi connectivity index (χ3n) is 3.14.